The summed E-state index contributed by atoms with van der Waals surface area (Å²) in [7, 11) is 1.61. The van der Waals surface area contributed by atoms with Crippen LogP contribution in [0, 0.1) is 0 Å². The highest BCUT2D eigenvalue weighted by Crippen LogP contribution is 2.32. The van der Waals surface area contributed by atoms with E-state index in [-0.39, 0.29) is 6.54 Å². The summed E-state index contributed by atoms with van der Waals surface area (Å²) in [6.45, 7) is 1.27. The molecule has 4 aromatic carbocycles. The van der Waals surface area contributed by atoms with E-state index in [2.05, 4.69) is 10.6 Å². The summed E-state index contributed by atoms with van der Waals surface area (Å²) in [5.74, 6) is -0.187. The monoisotopic (exact) mass is 453 g/mol. The third-order valence-corrected chi connectivity index (χ3v) is 6.27. The molecular weight excluding hydrogens is 430 g/mol. The molecule has 0 saturated carbocycles. The van der Waals surface area contributed by atoms with Crippen LogP contribution in [0.15, 0.2) is 78.9 Å². The first-order chi connectivity index (χ1) is 16.4. The summed E-state index contributed by atoms with van der Waals surface area (Å²) in [6, 6.07) is 23.9. The lowest BCUT2D eigenvalue weighted by atomic mass is 9.90. The summed E-state index contributed by atoms with van der Waals surface area (Å²) in [6.07, 6.45) is 0. The Kier molecular flexibility index (Phi) is 5.17. The van der Waals surface area contributed by atoms with E-state index in [1.807, 2.05) is 66.7 Å². The Labute approximate surface area is 196 Å². The zero-order valence-electron chi connectivity index (χ0n) is 18.8. The molecule has 1 heterocycles. The number of urea groups is 1. The molecule has 1 aliphatic rings. The Morgan fingerprint density at radius 2 is 1.68 bits per heavy atom. The first-order valence-corrected chi connectivity index (χ1v) is 10.9. The normalized spacial score (nSPS) is 17.8. The summed E-state index contributed by atoms with van der Waals surface area (Å²) >= 11 is 0. The Morgan fingerprint density at radius 1 is 0.941 bits per heavy atom. The highest BCUT2D eigenvalue weighted by Gasteiger charge is 2.49. The average molecular weight is 453 g/mol. The number of nitrogens with one attached hydrogen (secondary N) is 2. The molecule has 4 amide bonds. The van der Waals surface area contributed by atoms with Crippen LogP contribution >= 0.6 is 0 Å². The Hall–Kier alpha value is -4.39. The number of amides is 4. The van der Waals surface area contributed by atoms with E-state index in [9.17, 15) is 14.4 Å². The van der Waals surface area contributed by atoms with Gasteiger partial charge in [-0.3, -0.25) is 14.5 Å². The fourth-order valence-electron chi connectivity index (χ4n) is 4.37. The minimum atomic E-state index is -1.27. The maximum atomic E-state index is 13.3. The Balaban J connectivity index is 1.37. The first-order valence-electron chi connectivity index (χ1n) is 10.9. The van der Waals surface area contributed by atoms with Crippen molar-refractivity contribution in [3.05, 3.63) is 84.4 Å². The van der Waals surface area contributed by atoms with E-state index in [4.69, 9.17) is 4.74 Å². The zero-order valence-corrected chi connectivity index (χ0v) is 18.8. The molecule has 5 rings (SSSR count). The number of imide groups is 1. The summed E-state index contributed by atoms with van der Waals surface area (Å²) in [5, 5.41) is 9.33. The van der Waals surface area contributed by atoms with Gasteiger partial charge >= 0.3 is 6.03 Å². The molecule has 2 N–H and O–H groups in total. The molecule has 0 aromatic heterocycles. The van der Waals surface area contributed by atoms with Crippen molar-refractivity contribution in [3.8, 4) is 5.75 Å². The smallest absolute Gasteiger partial charge is 0.325 e. The number of ether oxygens (including phenoxy) is 1. The van der Waals surface area contributed by atoms with Gasteiger partial charge in [0, 0.05) is 11.1 Å². The summed E-state index contributed by atoms with van der Waals surface area (Å²) < 4.78 is 5.26. The van der Waals surface area contributed by atoms with Gasteiger partial charge in [-0.15, -0.1) is 0 Å². The number of hydrogen-bond donors (Lipinski definition) is 2. The Morgan fingerprint density at radius 3 is 2.50 bits per heavy atom. The lowest BCUT2D eigenvalue weighted by molar-refractivity contribution is -0.133. The third kappa shape index (κ3) is 3.61. The second-order valence-electron chi connectivity index (χ2n) is 8.45. The largest absolute Gasteiger partial charge is 0.497 e. The van der Waals surface area contributed by atoms with Crippen LogP contribution in [0.25, 0.3) is 21.5 Å². The molecule has 1 aliphatic heterocycles. The fraction of sp³-hybridized carbons (Fsp3) is 0.148. The van der Waals surface area contributed by atoms with Gasteiger partial charge in [0.2, 0.25) is 5.91 Å². The zero-order chi connectivity index (χ0) is 23.9. The molecule has 1 atom stereocenters. The van der Waals surface area contributed by atoms with Gasteiger partial charge in [-0.25, -0.2) is 4.79 Å². The summed E-state index contributed by atoms with van der Waals surface area (Å²) in [5.41, 5.74) is -0.00590. The van der Waals surface area contributed by atoms with Gasteiger partial charge in [0.25, 0.3) is 5.91 Å². The second kappa shape index (κ2) is 8.19. The van der Waals surface area contributed by atoms with Gasteiger partial charge in [-0.1, -0.05) is 54.6 Å². The number of benzene rings is 4. The number of nitrogens with zero attached hydrogens (tertiary/aromatic N) is 1. The van der Waals surface area contributed by atoms with Crippen LogP contribution in [0.3, 0.4) is 0 Å². The first kappa shape index (κ1) is 21.5. The van der Waals surface area contributed by atoms with Crippen molar-refractivity contribution < 1.29 is 19.1 Å². The number of hydrogen-bond acceptors (Lipinski definition) is 4. The molecule has 7 heteroatoms. The maximum Gasteiger partial charge on any atom is 0.325 e. The van der Waals surface area contributed by atoms with Gasteiger partial charge in [0.05, 0.1) is 7.11 Å². The van der Waals surface area contributed by atoms with Crippen molar-refractivity contribution in [1.82, 2.24) is 10.2 Å². The number of rotatable bonds is 5. The van der Waals surface area contributed by atoms with Crippen LogP contribution < -0.4 is 15.4 Å². The van der Waals surface area contributed by atoms with Crippen molar-refractivity contribution >= 4 is 45.1 Å². The van der Waals surface area contributed by atoms with Gasteiger partial charge in [0.1, 0.15) is 17.8 Å². The number of fused-ring (bicyclic) bond motifs is 2. The van der Waals surface area contributed by atoms with Crippen molar-refractivity contribution in [2.45, 2.75) is 12.5 Å². The van der Waals surface area contributed by atoms with Gasteiger partial charge in [0.15, 0.2) is 0 Å². The highest BCUT2D eigenvalue weighted by molar-refractivity contribution is 6.11. The van der Waals surface area contributed by atoms with E-state index in [0.717, 1.165) is 32.2 Å². The maximum absolute atomic E-state index is 13.3. The van der Waals surface area contributed by atoms with Crippen LogP contribution in [0.4, 0.5) is 10.5 Å². The fourth-order valence-corrected chi connectivity index (χ4v) is 4.37. The lowest BCUT2D eigenvalue weighted by Crippen LogP contribution is -2.42. The molecule has 170 valence electrons. The van der Waals surface area contributed by atoms with E-state index < -0.39 is 23.4 Å². The second-order valence-corrected chi connectivity index (χ2v) is 8.45. The molecular formula is C27H23N3O4. The van der Waals surface area contributed by atoms with E-state index in [0.29, 0.717) is 11.3 Å². The molecule has 0 spiro atoms. The minimum Gasteiger partial charge on any atom is -0.497 e. The van der Waals surface area contributed by atoms with E-state index >= 15 is 0 Å². The number of carbonyl (C=O) groups excluding carboxylic acids is 3. The lowest BCUT2D eigenvalue weighted by Gasteiger charge is -2.22. The standard InChI is InChI=1S/C27H23N3O4/c1-27(20-12-10-19-15-21(34-2)13-11-18(19)14-20)25(32)30(26(33)29-27)16-24(31)28-23-9-5-7-17-6-3-4-8-22(17)23/h3-15H,16H2,1-2H3,(H,28,31)(H,29,33). The minimum absolute atomic E-state index is 0.381. The SMILES string of the molecule is COc1ccc2cc(C3(C)NC(=O)N(CC(=O)Nc4cccc5ccccc45)C3=O)ccc2c1. The molecule has 34 heavy (non-hydrogen) atoms. The van der Waals surface area contributed by atoms with Gasteiger partial charge < -0.3 is 15.4 Å². The molecule has 0 aliphatic carbocycles. The molecule has 0 radical (unpaired) electrons. The topological polar surface area (TPSA) is 87.7 Å². The molecule has 0 bridgehead atoms. The van der Waals surface area contributed by atoms with Gasteiger partial charge in [-0.05, 0) is 52.9 Å². The number of carbonyl (C=O) groups is 3. The quantitative estimate of drug-likeness (QED) is 0.438. The van der Waals surface area contributed by atoms with Crippen LogP contribution in [-0.4, -0.2) is 36.4 Å². The van der Waals surface area contributed by atoms with E-state index in [1.54, 1.807) is 26.2 Å². The Bertz CT molecular complexity index is 1460. The van der Waals surface area contributed by atoms with Crippen LogP contribution in [0.5, 0.6) is 5.75 Å². The van der Waals surface area contributed by atoms with Crippen molar-refractivity contribution in [3.63, 3.8) is 0 Å². The molecule has 1 unspecified atom stereocenters. The summed E-state index contributed by atoms with van der Waals surface area (Å²) in [4.78, 5) is 39.8. The van der Waals surface area contributed by atoms with Crippen molar-refractivity contribution in [1.29, 1.82) is 0 Å². The highest BCUT2D eigenvalue weighted by atomic mass is 16.5. The molecule has 1 saturated heterocycles. The molecule has 4 aromatic rings. The van der Waals surface area contributed by atoms with Crippen molar-refractivity contribution in [2.24, 2.45) is 0 Å². The predicted octanol–water partition coefficient (Wildman–Crippen LogP) is 4.41. The van der Waals surface area contributed by atoms with Crippen LogP contribution in [-0.2, 0) is 15.1 Å². The molecule has 7 nitrogen and oxygen atoms in total. The third-order valence-electron chi connectivity index (χ3n) is 6.27. The number of anilines is 1. The van der Waals surface area contributed by atoms with Gasteiger partial charge in [-0.2, -0.15) is 0 Å². The molecule has 1 fully saturated rings. The van der Waals surface area contributed by atoms with Crippen LogP contribution in [0.1, 0.15) is 12.5 Å². The average Bonchev–Trinajstić information content (AvgIpc) is 3.07. The predicted molar refractivity (Wildman–Crippen MR) is 131 cm³/mol. The van der Waals surface area contributed by atoms with E-state index in [1.165, 1.54) is 0 Å². The van der Waals surface area contributed by atoms with Crippen molar-refractivity contribution in [2.75, 3.05) is 19.0 Å². The van der Waals surface area contributed by atoms with Crippen LogP contribution in [0.2, 0.25) is 0 Å². The number of methoxy groups -OCH3 is 1.